The Bertz CT molecular complexity index is 3480. The molecule has 0 saturated heterocycles. The van der Waals surface area contributed by atoms with E-state index in [4.69, 9.17) is 14.1 Å². The first-order chi connectivity index (χ1) is 31.5. The van der Waals surface area contributed by atoms with Gasteiger partial charge in [-0.05, 0) is 104 Å². The van der Waals surface area contributed by atoms with E-state index < -0.39 is 6.85 Å². The van der Waals surface area contributed by atoms with Gasteiger partial charge in [0.2, 0.25) is 0 Å². The maximum Gasteiger partial charge on any atom is 0.148 e. The number of hydrogen-bond donors (Lipinski definition) is 1. The fourth-order valence-corrected chi connectivity index (χ4v) is 8.91. The largest absolute Gasteiger partial charge is 0.507 e. The third kappa shape index (κ3) is 7.65. The zero-order valence-corrected chi connectivity index (χ0v) is 39.0. The van der Waals surface area contributed by atoms with Crippen LogP contribution in [0, 0.1) is 12.9 Å². The summed E-state index contributed by atoms with van der Waals surface area (Å²) < 4.78 is 28.5. The van der Waals surface area contributed by atoms with E-state index in [1.807, 2.05) is 66.7 Å². The molecule has 0 atom stereocenters. The van der Waals surface area contributed by atoms with E-state index in [0.29, 0.717) is 33.6 Å². The van der Waals surface area contributed by atoms with Crippen molar-refractivity contribution in [2.45, 2.75) is 59.2 Å². The summed E-state index contributed by atoms with van der Waals surface area (Å²) >= 11 is 0. The second-order valence-corrected chi connectivity index (χ2v) is 18.6. The molecule has 5 heteroatoms. The van der Waals surface area contributed by atoms with Gasteiger partial charge in [-0.3, -0.25) is 9.55 Å². The Morgan fingerprint density at radius 2 is 1.22 bits per heavy atom. The molecular formula is C59H50N3OPt-. The number of phenols is 1. The summed E-state index contributed by atoms with van der Waals surface area (Å²) in [5.41, 5.74) is 12.6. The van der Waals surface area contributed by atoms with Crippen LogP contribution in [0.2, 0.25) is 0 Å². The van der Waals surface area contributed by atoms with Crippen molar-refractivity contribution in [3.63, 3.8) is 0 Å². The summed E-state index contributed by atoms with van der Waals surface area (Å²) in [6.07, 6.45) is 1.75. The summed E-state index contributed by atoms with van der Waals surface area (Å²) in [4.78, 5) is 10.4. The Kier molecular flexibility index (Phi) is 10.1. The Balaban J connectivity index is 0.00000562. The minimum atomic E-state index is -2.41. The number of fused-ring (bicyclic) bond motifs is 3. The quantitative estimate of drug-likeness (QED) is 0.169. The molecule has 0 bridgehead atoms. The number of aromatic hydroxyl groups is 1. The SMILES string of the molecule is [2H]C([2H])([2H])c1cc(-c2[c-]c(-c3cc(-c4cccc5ccccc45)cc4c3nc(-c3cc(C(C)(C)C)ccc3O)n4-c3ccc(C(C)(C)C)cc3)ccc2)c2ncccc2c1-c1ccccc1.[Pt]. The molecule has 2 aromatic heterocycles. The van der Waals surface area contributed by atoms with Crippen LogP contribution in [0.4, 0.5) is 0 Å². The predicted molar refractivity (Wildman–Crippen MR) is 264 cm³/mol. The van der Waals surface area contributed by atoms with Crippen molar-refractivity contribution < 1.29 is 30.3 Å². The fourth-order valence-electron chi connectivity index (χ4n) is 8.91. The maximum absolute atomic E-state index is 11.8. The number of pyridine rings is 1. The summed E-state index contributed by atoms with van der Waals surface area (Å²) in [6, 6.07) is 58.7. The number of aryl methyl sites for hydroxylation is 1. The van der Waals surface area contributed by atoms with Gasteiger partial charge < -0.3 is 5.11 Å². The standard InChI is InChI=1S/C59H50N3O.Pt/c1-37-32-49(55-48(24-15-31-60-55)54(37)39-17-9-8-10-18-39)40-20-13-21-41(33-40)50-34-42(47-23-14-19-38-16-11-12-22-46(38)47)35-52-56(50)61-57(51-36-44(59(5,6)7)27-30-53(51)63)62(52)45-28-25-43(26-29-45)58(2,3)4;/h8-32,34-36,63H,1-7H3;/q-1;/i1D3;. The van der Waals surface area contributed by atoms with Gasteiger partial charge in [0.15, 0.2) is 0 Å². The molecule has 8 aromatic carbocycles. The van der Waals surface area contributed by atoms with E-state index in [-0.39, 0.29) is 43.2 Å². The molecule has 10 rings (SSSR count). The topological polar surface area (TPSA) is 50.9 Å². The number of benzene rings is 8. The minimum absolute atomic E-state index is 0. The molecule has 1 N–H and O–H groups in total. The molecule has 0 radical (unpaired) electrons. The van der Waals surface area contributed by atoms with E-state index in [9.17, 15) is 5.11 Å². The number of hydrogen-bond acceptors (Lipinski definition) is 3. The van der Waals surface area contributed by atoms with Crippen molar-refractivity contribution in [3.05, 3.63) is 193 Å². The van der Waals surface area contributed by atoms with Crippen molar-refractivity contribution in [1.29, 1.82) is 0 Å². The van der Waals surface area contributed by atoms with E-state index in [1.165, 1.54) is 5.56 Å². The van der Waals surface area contributed by atoms with Gasteiger partial charge >= 0.3 is 0 Å². The molecule has 0 aliphatic rings. The predicted octanol–water partition coefficient (Wildman–Crippen LogP) is 15.5. The second-order valence-electron chi connectivity index (χ2n) is 18.6. The van der Waals surface area contributed by atoms with Gasteiger partial charge in [-0.25, -0.2) is 4.98 Å². The third-order valence-corrected chi connectivity index (χ3v) is 12.3. The number of aromatic nitrogens is 3. The van der Waals surface area contributed by atoms with Crippen molar-refractivity contribution in [2.75, 3.05) is 0 Å². The molecule has 0 aliphatic heterocycles. The first-order valence-electron chi connectivity index (χ1n) is 23.0. The number of nitrogens with zero attached hydrogens (tertiary/aromatic N) is 3. The second kappa shape index (κ2) is 16.5. The first-order valence-corrected chi connectivity index (χ1v) is 21.5. The molecular weight excluding hydrogens is 962 g/mol. The molecule has 0 saturated carbocycles. The molecule has 0 amide bonds. The first kappa shape index (κ1) is 39.0. The number of phenolic OH excluding ortho intramolecular Hbond substituents is 1. The maximum atomic E-state index is 11.8. The molecule has 0 spiro atoms. The number of rotatable bonds is 6. The molecule has 2 heterocycles. The van der Waals surface area contributed by atoms with Crippen LogP contribution in [-0.4, -0.2) is 19.6 Å². The third-order valence-electron chi connectivity index (χ3n) is 12.3. The smallest absolute Gasteiger partial charge is 0.148 e. The Morgan fingerprint density at radius 1 is 0.562 bits per heavy atom. The summed E-state index contributed by atoms with van der Waals surface area (Å²) in [5.74, 6) is 0.747. The van der Waals surface area contributed by atoms with Crippen LogP contribution in [0.1, 0.15) is 62.3 Å². The molecule has 0 unspecified atom stereocenters. The van der Waals surface area contributed by atoms with Gasteiger partial charge in [-0.2, -0.15) is 0 Å². The van der Waals surface area contributed by atoms with Gasteiger partial charge in [-0.15, -0.1) is 35.4 Å². The molecule has 318 valence electrons. The van der Waals surface area contributed by atoms with Crippen molar-refractivity contribution in [1.82, 2.24) is 14.5 Å². The zero-order valence-electron chi connectivity index (χ0n) is 39.8. The zero-order chi connectivity index (χ0) is 46.1. The summed E-state index contributed by atoms with van der Waals surface area (Å²) in [5, 5.41) is 14.8. The molecule has 0 fully saturated rings. The van der Waals surface area contributed by atoms with Gasteiger partial charge in [0, 0.05) is 48.0 Å². The van der Waals surface area contributed by atoms with E-state index in [2.05, 4.69) is 137 Å². The minimum Gasteiger partial charge on any atom is -0.507 e. The van der Waals surface area contributed by atoms with Crippen LogP contribution in [0.3, 0.4) is 0 Å². The van der Waals surface area contributed by atoms with Crippen LogP contribution in [0.25, 0.3) is 94.3 Å². The van der Waals surface area contributed by atoms with E-state index in [1.54, 1.807) is 18.3 Å². The molecule has 0 aliphatic carbocycles. The summed E-state index contributed by atoms with van der Waals surface area (Å²) in [7, 11) is 0. The fraction of sp³-hybridized carbons (Fsp3) is 0.153. The van der Waals surface area contributed by atoms with Crippen LogP contribution in [0.5, 0.6) is 5.75 Å². The van der Waals surface area contributed by atoms with E-state index in [0.717, 1.165) is 66.3 Å². The molecule has 4 nitrogen and oxygen atoms in total. The van der Waals surface area contributed by atoms with Crippen molar-refractivity contribution >= 4 is 32.7 Å². The van der Waals surface area contributed by atoms with E-state index >= 15 is 0 Å². The van der Waals surface area contributed by atoms with Gasteiger partial charge in [0.05, 0.1) is 16.6 Å². The van der Waals surface area contributed by atoms with Gasteiger partial charge in [0.25, 0.3) is 0 Å². The molecule has 64 heavy (non-hydrogen) atoms. The van der Waals surface area contributed by atoms with Crippen LogP contribution in [-0.2, 0) is 31.9 Å². The van der Waals surface area contributed by atoms with Crippen LogP contribution < -0.4 is 0 Å². The average molecular weight is 1020 g/mol. The van der Waals surface area contributed by atoms with Crippen molar-refractivity contribution in [2.24, 2.45) is 0 Å². The number of imidazole rings is 1. The monoisotopic (exact) mass is 1010 g/mol. The Labute approximate surface area is 394 Å². The Morgan fingerprint density at radius 3 is 1.95 bits per heavy atom. The summed E-state index contributed by atoms with van der Waals surface area (Å²) in [6.45, 7) is 10.7. The van der Waals surface area contributed by atoms with Crippen LogP contribution in [0.15, 0.2) is 170 Å². The molecule has 10 aromatic rings. The average Bonchev–Trinajstić information content (AvgIpc) is 3.69. The normalized spacial score (nSPS) is 12.8. The van der Waals surface area contributed by atoms with Crippen LogP contribution >= 0.6 is 0 Å². The van der Waals surface area contributed by atoms with Crippen molar-refractivity contribution in [3.8, 4) is 67.3 Å². The van der Waals surface area contributed by atoms with Gasteiger partial charge in [0.1, 0.15) is 11.6 Å². The Hall–Kier alpha value is -6.61. The van der Waals surface area contributed by atoms with Gasteiger partial charge in [-0.1, -0.05) is 162 Å².